The van der Waals surface area contributed by atoms with Crippen LogP contribution in [0.3, 0.4) is 0 Å². The Bertz CT molecular complexity index is 355. The molecule has 0 aliphatic carbocycles. The lowest BCUT2D eigenvalue weighted by Crippen LogP contribution is -2.05. The number of ether oxygens (including phenoxy) is 1. The lowest BCUT2D eigenvalue weighted by atomic mass is 10.1. The molecule has 0 saturated carbocycles. The third-order valence-electron chi connectivity index (χ3n) is 4.05. The molecule has 25 heavy (non-hydrogen) atoms. The quantitative estimate of drug-likeness (QED) is 0.195. The van der Waals surface area contributed by atoms with Gasteiger partial charge in [0, 0.05) is 6.42 Å². The zero-order valence-corrected chi connectivity index (χ0v) is 16.7. The van der Waals surface area contributed by atoms with E-state index in [0.29, 0.717) is 19.4 Å². The van der Waals surface area contributed by atoms with E-state index in [-0.39, 0.29) is 12.6 Å². The summed E-state index contributed by atoms with van der Waals surface area (Å²) < 4.78 is 20.1. The van der Waals surface area contributed by atoms with Crippen LogP contribution in [0.4, 0.5) is 0 Å². The van der Waals surface area contributed by atoms with Gasteiger partial charge >= 0.3 is 13.8 Å². The van der Waals surface area contributed by atoms with Crippen LogP contribution in [0, 0.1) is 0 Å². The third kappa shape index (κ3) is 21.5. The van der Waals surface area contributed by atoms with Gasteiger partial charge in [0.25, 0.3) is 0 Å². The fraction of sp³-hybridized carbons (Fsp3) is 0.944. The fourth-order valence-electron chi connectivity index (χ4n) is 2.58. The average Bonchev–Trinajstić information content (AvgIpc) is 2.54. The average molecular weight is 380 g/mol. The second-order valence-corrected chi connectivity index (χ2v) is 7.78. The molecule has 0 saturated heterocycles. The van der Waals surface area contributed by atoms with Crippen molar-refractivity contribution in [2.75, 3.05) is 13.2 Å². The number of rotatable bonds is 18. The van der Waals surface area contributed by atoms with E-state index in [0.717, 1.165) is 51.4 Å². The smallest absolute Gasteiger partial charge is 0.466 e. The topological polar surface area (TPSA) is 93.1 Å². The Labute approximate surface area is 152 Å². The molecule has 0 rings (SSSR count). The summed E-state index contributed by atoms with van der Waals surface area (Å²) in [4.78, 5) is 28.5. The predicted octanol–water partition coefficient (Wildman–Crippen LogP) is 5.12. The van der Waals surface area contributed by atoms with E-state index in [1.165, 1.54) is 25.7 Å². The number of esters is 1. The van der Waals surface area contributed by atoms with Crippen LogP contribution in [-0.2, 0) is 18.6 Å². The molecule has 7 heteroatoms. The summed E-state index contributed by atoms with van der Waals surface area (Å²) in [5.41, 5.74) is 0. The van der Waals surface area contributed by atoms with Gasteiger partial charge in [-0.15, -0.1) is 0 Å². The lowest BCUT2D eigenvalue weighted by molar-refractivity contribution is -0.143. The Kier molecular flexibility index (Phi) is 16.7. The van der Waals surface area contributed by atoms with E-state index < -0.39 is 7.82 Å². The van der Waals surface area contributed by atoms with E-state index in [4.69, 9.17) is 14.5 Å². The molecular weight excluding hydrogens is 343 g/mol. The van der Waals surface area contributed by atoms with Crippen molar-refractivity contribution in [2.45, 2.75) is 96.8 Å². The fourth-order valence-corrected chi connectivity index (χ4v) is 2.95. The molecular formula is C18H37O6P. The highest BCUT2D eigenvalue weighted by atomic mass is 31.2. The SMILES string of the molecule is CCCCCC(=O)OCCCCCCCCCCCCOP(=O)(O)O. The first-order valence-corrected chi connectivity index (χ1v) is 11.3. The molecule has 0 aliphatic rings. The van der Waals surface area contributed by atoms with E-state index >= 15 is 0 Å². The highest BCUT2D eigenvalue weighted by Crippen LogP contribution is 2.35. The highest BCUT2D eigenvalue weighted by Gasteiger charge is 2.12. The van der Waals surface area contributed by atoms with Gasteiger partial charge in [-0.25, -0.2) is 4.57 Å². The molecule has 0 fully saturated rings. The van der Waals surface area contributed by atoms with Gasteiger partial charge in [-0.3, -0.25) is 9.32 Å². The van der Waals surface area contributed by atoms with Gasteiger partial charge in [0.15, 0.2) is 0 Å². The first-order chi connectivity index (χ1) is 12.0. The molecule has 0 bridgehead atoms. The Hall–Kier alpha value is -0.420. The maximum Gasteiger partial charge on any atom is 0.469 e. The second-order valence-electron chi connectivity index (χ2n) is 6.54. The van der Waals surface area contributed by atoms with Crippen molar-refractivity contribution < 1.29 is 28.4 Å². The maximum absolute atomic E-state index is 11.4. The first kappa shape index (κ1) is 24.6. The summed E-state index contributed by atoms with van der Waals surface area (Å²) >= 11 is 0. The number of carbonyl (C=O) groups is 1. The molecule has 6 nitrogen and oxygen atoms in total. The minimum Gasteiger partial charge on any atom is -0.466 e. The van der Waals surface area contributed by atoms with Gasteiger partial charge in [-0.1, -0.05) is 71.1 Å². The van der Waals surface area contributed by atoms with Crippen LogP contribution in [0.2, 0.25) is 0 Å². The third-order valence-corrected chi connectivity index (χ3v) is 4.56. The molecule has 0 radical (unpaired) electrons. The normalized spacial score (nSPS) is 11.6. The van der Waals surface area contributed by atoms with Gasteiger partial charge < -0.3 is 14.5 Å². The number of phosphoric ester groups is 1. The van der Waals surface area contributed by atoms with Crippen LogP contribution in [0.15, 0.2) is 0 Å². The standard InChI is InChI=1S/C18H37O6P/c1-2-3-12-15-18(19)23-16-13-10-8-6-4-5-7-9-11-14-17-24-25(20,21)22/h2-17H2,1H3,(H2,20,21,22). The van der Waals surface area contributed by atoms with Crippen LogP contribution in [0.25, 0.3) is 0 Å². The Morgan fingerprint density at radius 1 is 0.760 bits per heavy atom. The van der Waals surface area contributed by atoms with Crippen LogP contribution in [-0.4, -0.2) is 29.0 Å². The highest BCUT2D eigenvalue weighted by molar-refractivity contribution is 7.46. The Morgan fingerprint density at radius 3 is 1.72 bits per heavy atom. The van der Waals surface area contributed by atoms with Gasteiger partial charge in [-0.05, 0) is 19.3 Å². The van der Waals surface area contributed by atoms with Gasteiger partial charge in [0.1, 0.15) is 0 Å². The molecule has 0 atom stereocenters. The van der Waals surface area contributed by atoms with Crippen molar-refractivity contribution in [1.29, 1.82) is 0 Å². The number of hydrogen-bond acceptors (Lipinski definition) is 4. The van der Waals surface area contributed by atoms with Gasteiger partial charge in [0.05, 0.1) is 13.2 Å². The van der Waals surface area contributed by atoms with Crippen LogP contribution >= 0.6 is 7.82 Å². The van der Waals surface area contributed by atoms with Gasteiger partial charge in [0.2, 0.25) is 0 Å². The van der Waals surface area contributed by atoms with Crippen molar-refractivity contribution in [3.8, 4) is 0 Å². The van der Waals surface area contributed by atoms with E-state index in [1.54, 1.807) is 0 Å². The molecule has 150 valence electrons. The number of hydrogen-bond donors (Lipinski definition) is 2. The largest absolute Gasteiger partial charge is 0.469 e. The number of phosphoric acid groups is 1. The summed E-state index contributed by atoms with van der Waals surface area (Å²) in [7, 11) is -4.29. The minimum absolute atomic E-state index is 0.0559. The van der Waals surface area contributed by atoms with Gasteiger partial charge in [-0.2, -0.15) is 0 Å². The predicted molar refractivity (Wildman–Crippen MR) is 99.3 cm³/mol. The van der Waals surface area contributed by atoms with E-state index in [9.17, 15) is 9.36 Å². The summed E-state index contributed by atoms with van der Waals surface area (Å²) in [5, 5.41) is 0. The summed E-state index contributed by atoms with van der Waals surface area (Å²) in [6.07, 6.45) is 14.5. The Balaban J connectivity index is 3.14. The zero-order chi connectivity index (χ0) is 18.8. The van der Waals surface area contributed by atoms with Crippen LogP contribution < -0.4 is 0 Å². The molecule has 2 N–H and O–H groups in total. The van der Waals surface area contributed by atoms with Crippen molar-refractivity contribution in [3.63, 3.8) is 0 Å². The number of carbonyl (C=O) groups excluding carboxylic acids is 1. The van der Waals surface area contributed by atoms with Crippen molar-refractivity contribution >= 4 is 13.8 Å². The van der Waals surface area contributed by atoms with Crippen LogP contribution in [0.5, 0.6) is 0 Å². The molecule has 0 spiro atoms. The van der Waals surface area contributed by atoms with E-state index in [1.807, 2.05) is 0 Å². The second kappa shape index (κ2) is 17.0. The van der Waals surface area contributed by atoms with E-state index in [2.05, 4.69) is 11.4 Å². The molecule has 0 aromatic rings. The summed E-state index contributed by atoms with van der Waals surface area (Å²) in [5.74, 6) is -0.0559. The van der Waals surface area contributed by atoms with Crippen molar-refractivity contribution in [2.24, 2.45) is 0 Å². The molecule has 0 heterocycles. The summed E-state index contributed by atoms with van der Waals surface area (Å²) in [6, 6.07) is 0. The number of unbranched alkanes of at least 4 members (excludes halogenated alkanes) is 11. The summed E-state index contributed by atoms with van der Waals surface area (Å²) in [6.45, 7) is 2.81. The first-order valence-electron chi connectivity index (χ1n) is 9.81. The van der Waals surface area contributed by atoms with Crippen LogP contribution in [0.1, 0.15) is 96.8 Å². The molecule has 0 aromatic carbocycles. The Morgan fingerprint density at radius 2 is 1.24 bits per heavy atom. The monoisotopic (exact) mass is 380 g/mol. The van der Waals surface area contributed by atoms with Crippen molar-refractivity contribution in [3.05, 3.63) is 0 Å². The molecule has 0 amide bonds. The molecule has 0 unspecified atom stereocenters. The molecule has 0 aliphatic heterocycles. The molecule has 0 aromatic heterocycles. The minimum atomic E-state index is -4.29. The zero-order valence-electron chi connectivity index (χ0n) is 15.8. The van der Waals surface area contributed by atoms with Crippen molar-refractivity contribution in [1.82, 2.24) is 0 Å². The maximum atomic E-state index is 11.4. The lowest BCUT2D eigenvalue weighted by Gasteiger charge is -2.06.